The molecule has 0 N–H and O–H groups in total. The van der Waals surface area contributed by atoms with Gasteiger partial charge in [0, 0.05) is 24.8 Å². The Balaban J connectivity index is 1.66. The van der Waals surface area contributed by atoms with Gasteiger partial charge in [0.25, 0.3) is 0 Å². The Morgan fingerprint density at radius 2 is 2.03 bits per heavy atom. The minimum atomic E-state index is -0.409. The van der Waals surface area contributed by atoms with Crippen molar-refractivity contribution < 1.29 is 13.9 Å². The van der Waals surface area contributed by atoms with E-state index in [1.807, 2.05) is 13.8 Å². The molecule has 5 nitrogen and oxygen atoms in total. The third-order valence-corrected chi connectivity index (χ3v) is 6.88. The molecule has 30 heavy (non-hydrogen) atoms. The molecule has 2 aromatic rings. The molecular formula is C23H32FN3O2S. The van der Waals surface area contributed by atoms with Crippen molar-refractivity contribution in [1.82, 2.24) is 14.5 Å². The molecule has 3 rings (SSSR count). The smallest absolute Gasteiger partial charge is 0.233 e. The third kappa shape index (κ3) is 5.17. The summed E-state index contributed by atoms with van der Waals surface area (Å²) < 4.78 is 21.3. The molecule has 0 atom stereocenters. The first kappa shape index (κ1) is 22.7. The lowest BCUT2D eigenvalue weighted by Gasteiger charge is -2.26. The van der Waals surface area contributed by atoms with Gasteiger partial charge >= 0.3 is 0 Å². The molecule has 0 radical (unpaired) electrons. The summed E-state index contributed by atoms with van der Waals surface area (Å²) in [6.07, 6.45) is 6.19. The first-order chi connectivity index (χ1) is 14.4. The molecule has 0 spiro atoms. The Hall–Kier alpha value is -2.02. The summed E-state index contributed by atoms with van der Waals surface area (Å²) in [5.41, 5.74) is 3.00. The van der Waals surface area contributed by atoms with E-state index in [0.717, 1.165) is 16.4 Å². The van der Waals surface area contributed by atoms with Crippen LogP contribution in [0.1, 0.15) is 62.0 Å². The number of carbonyl (C=O) groups is 1. The predicted octanol–water partition coefficient (Wildman–Crippen LogP) is 5.29. The first-order valence-electron chi connectivity index (χ1n) is 10.7. The summed E-state index contributed by atoms with van der Waals surface area (Å²) in [6, 6.07) is 5.32. The van der Waals surface area contributed by atoms with Crippen molar-refractivity contribution in [3.8, 4) is 5.75 Å². The van der Waals surface area contributed by atoms with Crippen LogP contribution in [0, 0.1) is 19.7 Å². The van der Waals surface area contributed by atoms with E-state index >= 15 is 0 Å². The Kier molecular flexibility index (Phi) is 7.81. The molecule has 7 heteroatoms. The van der Waals surface area contributed by atoms with Crippen LogP contribution < -0.4 is 4.74 Å². The molecule has 1 saturated carbocycles. The van der Waals surface area contributed by atoms with Gasteiger partial charge in [-0.05, 0) is 51.3 Å². The molecule has 1 aromatic carbocycles. The largest absolute Gasteiger partial charge is 0.494 e. The fraction of sp³-hybridized carbons (Fsp3) is 0.565. The summed E-state index contributed by atoms with van der Waals surface area (Å²) >= 11 is 1.51. The van der Waals surface area contributed by atoms with Gasteiger partial charge in [0.05, 0.1) is 18.6 Å². The number of aromatic nitrogens is 2. The first-order valence-corrected chi connectivity index (χ1v) is 11.7. The quantitative estimate of drug-likeness (QED) is 0.531. The van der Waals surface area contributed by atoms with Gasteiger partial charge in [-0.25, -0.2) is 9.37 Å². The second-order valence-electron chi connectivity index (χ2n) is 7.89. The summed E-state index contributed by atoms with van der Waals surface area (Å²) in [5, 5.41) is 0.941. The average molecular weight is 434 g/mol. The zero-order valence-electron chi connectivity index (χ0n) is 18.4. The van der Waals surface area contributed by atoms with Gasteiger partial charge in [-0.15, -0.1) is 0 Å². The van der Waals surface area contributed by atoms with E-state index in [9.17, 15) is 9.18 Å². The van der Waals surface area contributed by atoms with Crippen LogP contribution >= 0.6 is 11.8 Å². The number of amides is 1. The van der Waals surface area contributed by atoms with E-state index in [4.69, 9.17) is 9.72 Å². The summed E-state index contributed by atoms with van der Waals surface area (Å²) in [7, 11) is 1.44. The Labute approximate surface area is 183 Å². The second-order valence-corrected chi connectivity index (χ2v) is 8.84. The topological polar surface area (TPSA) is 47.4 Å². The summed E-state index contributed by atoms with van der Waals surface area (Å²) in [5.74, 6) is 0.166. The molecule has 1 aliphatic carbocycles. The van der Waals surface area contributed by atoms with Gasteiger partial charge < -0.3 is 14.2 Å². The molecule has 0 unspecified atom stereocenters. The number of hydrogen-bond acceptors (Lipinski definition) is 4. The van der Waals surface area contributed by atoms with Gasteiger partial charge in [0.15, 0.2) is 16.7 Å². The predicted molar refractivity (Wildman–Crippen MR) is 119 cm³/mol. The van der Waals surface area contributed by atoms with Gasteiger partial charge in [-0.1, -0.05) is 37.1 Å². The molecule has 1 fully saturated rings. The zero-order valence-corrected chi connectivity index (χ0v) is 19.2. The number of ether oxygens (including phenoxy) is 1. The number of nitrogens with zero attached hydrogens (tertiary/aromatic N) is 3. The molecule has 1 amide bonds. The van der Waals surface area contributed by atoms with E-state index in [1.54, 1.807) is 17.0 Å². The Morgan fingerprint density at radius 3 is 2.67 bits per heavy atom. The number of methoxy groups -OCH3 is 1. The molecule has 1 aromatic heterocycles. The fourth-order valence-electron chi connectivity index (χ4n) is 4.09. The number of rotatable bonds is 8. The number of halogens is 1. The lowest BCUT2D eigenvalue weighted by molar-refractivity contribution is -0.128. The molecule has 1 aliphatic rings. The number of aryl methyl sites for hydroxylation is 1. The van der Waals surface area contributed by atoms with Crippen LogP contribution in [0.15, 0.2) is 23.4 Å². The van der Waals surface area contributed by atoms with Crippen molar-refractivity contribution in [3.05, 3.63) is 41.0 Å². The number of thioether (sulfide) groups is 1. The van der Waals surface area contributed by atoms with Crippen LogP contribution in [0.4, 0.5) is 4.39 Å². The van der Waals surface area contributed by atoms with Crippen molar-refractivity contribution in [2.75, 3.05) is 19.4 Å². The monoisotopic (exact) mass is 433 g/mol. The minimum absolute atomic E-state index is 0.0345. The van der Waals surface area contributed by atoms with Crippen LogP contribution in [0.2, 0.25) is 0 Å². The Bertz CT molecular complexity index is 878. The summed E-state index contributed by atoms with van der Waals surface area (Å²) in [6.45, 7) is 7.06. The van der Waals surface area contributed by atoms with Crippen molar-refractivity contribution in [2.24, 2.45) is 0 Å². The van der Waals surface area contributed by atoms with Crippen LogP contribution in [-0.2, 0) is 11.3 Å². The van der Waals surface area contributed by atoms with E-state index in [2.05, 4.69) is 11.5 Å². The average Bonchev–Trinajstić information content (AvgIpc) is 3.04. The van der Waals surface area contributed by atoms with Crippen molar-refractivity contribution in [1.29, 1.82) is 0 Å². The molecule has 1 heterocycles. The number of imidazole rings is 1. The lowest BCUT2D eigenvalue weighted by atomic mass is 9.95. The standard InChI is InChI=1S/C23H32FN3O2S/c1-5-26(14-18-11-12-21(29-4)20(24)13-18)22(28)15-30-23-25-16(2)17(3)27(23)19-9-7-6-8-10-19/h11-13,19H,5-10,14-15H2,1-4H3. The maximum atomic E-state index is 14.0. The molecule has 0 aliphatic heterocycles. The van der Waals surface area contributed by atoms with Gasteiger partial charge in [0.1, 0.15) is 0 Å². The zero-order chi connectivity index (χ0) is 21.7. The maximum Gasteiger partial charge on any atom is 0.233 e. The van der Waals surface area contributed by atoms with Gasteiger partial charge in [-0.2, -0.15) is 0 Å². The Morgan fingerprint density at radius 1 is 1.30 bits per heavy atom. The second kappa shape index (κ2) is 10.3. The van der Waals surface area contributed by atoms with Crippen molar-refractivity contribution in [2.45, 2.75) is 70.6 Å². The highest BCUT2D eigenvalue weighted by molar-refractivity contribution is 7.99. The molecule has 0 saturated heterocycles. The van der Waals surface area contributed by atoms with Gasteiger partial charge in [0.2, 0.25) is 5.91 Å². The van der Waals surface area contributed by atoms with Crippen molar-refractivity contribution in [3.63, 3.8) is 0 Å². The third-order valence-electron chi connectivity index (χ3n) is 5.94. The van der Waals surface area contributed by atoms with Gasteiger partial charge in [-0.3, -0.25) is 4.79 Å². The maximum absolute atomic E-state index is 14.0. The summed E-state index contributed by atoms with van der Waals surface area (Å²) in [4.78, 5) is 19.4. The number of carbonyl (C=O) groups excluding carboxylic acids is 1. The van der Waals surface area contributed by atoms with Crippen LogP contribution in [0.3, 0.4) is 0 Å². The van der Waals surface area contributed by atoms with E-state index in [0.29, 0.717) is 24.9 Å². The van der Waals surface area contributed by atoms with E-state index in [1.165, 1.54) is 62.7 Å². The van der Waals surface area contributed by atoms with E-state index < -0.39 is 5.82 Å². The number of benzene rings is 1. The van der Waals surface area contributed by atoms with Crippen LogP contribution in [0.25, 0.3) is 0 Å². The number of hydrogen-bond donors (Lipinski definition) is 0. The normalized spacial score (nSPS) is 14.7. The highest BCUT2D eigenvalue weighted by Gasteiger charge is 2.23. The SMILES string of the molecule is CCN(Cc1ccc(OC)c(F)c1)C(=O)CSc1nc(C)c(C)n1C1CCCCC1. The van der Waals surface area contributed by atoms with Crippen LogP contribution in [-0.4, -0.2) is 39.8 Å². The van der Waals surface area contributed by atoms with Crippen LogP contribution in [0.5, 0.6) is 5.75 Å². The lowest BCUT2D eigenvalue weighted by Crippen LogP contribution is -2.32. The molecular weight excluding hydrogens is 401 g/mol. The minimum Gasteiger partial charge on any atom is -0.494 e. The highest BCUT2D eigenvalue weighted by Crippen LogP contribution is 2.34. The highest BCUT2D eigenvalue weighted by atomic mass is 32.2. The fourth-order valence-corrected chi connectivity index (χ4v) is 5.15. The molecule has 164 valence electrons. The van der Waals surface area contributed by atoms with E-state index in [-0.39, 0.29) is 11.7 Å². The molecule has 0 bridgehead atoms. The van der Waals surface area contributed by atoms with Crippen molar-refractivity contribution >= 4 is 17.7 Å².